The molecule has 3 fully saturated rings. The van der Waals surface area contributed by atoms with Crippen LogP contribution in [0.4, 0.5) is 4.79 Å². The van der Waals surface area contributed by atoms with Gasteiger partial charge in [-0.25, -0.2) is 4.79 Å². The van der Waals surface area contributed by atoms with Crippen LogP contribution in [0.1, 0.15) is 59.3 Å². The van der Waals surface area contributed by atoms with Crippen LogP contribution >= 0.6 is 0 Å². The SMILES string of the molecule is CC(C)(C)OC(=O)N1C2CCC1CC(NC1CCCNC1)C2. The number of carbonyl (C=O) groups is 1. The standard InChI is InChI=1S/C17H31N3O2/c1-17(2,3)22-16(21)20-14-6-7-15(20)10-13(9-14)19-12-5-4-8-18-11-12/h12-15,18-19H,4-11H2,1-3H3. The van der Waals surface area contributed by atoms with Gasteiger partial charge in [-0.2, -0.15) is 0 Å². The summed E-state index contributed by atoms with van der Waals surface area (Å²) in [4.78, 5) is 14.5. The molecule has 1 amide bonds. The predicted octanol–water partition coefficient (Wildman–Crippen LogP) is 2.26. The van der Waals surface area contributed by atoms with Gasteiger partial charge in [0.2, 0.25) is 0 Å². The lowest BCUT2D eigenvalue weighted by Crippen LogP contribution is -2.55. The summed E-state index contributed by atoms with van der Waals surface area (Å²) in [5, 5.41) is 7.29. The van der Waals surface area contributed by atoms with Gasteiger partial charge in [0, 0.05) is 30.7 Å². The zero-order chi connectivity index (χ0) is 15.7. The van der Waals surface area contributed by atoms with Crippen LogP contribution in [0.25, 0.3) is 0 Å². The zero-order valence-corrected chi connectivity index (χ0v) is 14.2. The number of nitrogens with one attached hydrogen (secondary N) is 2. The lowest BCUT2D eigenvalue weighted by atomic mass is 9.95. The van der Waals surface area contributed by atoms with E-state index in [0.29, 0.717) is 24.2 Å². The smallest absolute Gasteiger partial charge is 0.410 e. The average Bonchev–Trinajstić information content (AvgIpc) is 2.70. The fraction of sp³-hybridized carbons (Fsp3) is 0.941. The van der Waals surface area contributed by atoms with Crippen LogP contribution in [-0.2, 0) is 4.74 Å². The maximum atomic E-state index is 12.4. The molecule has 0 aromatic carbocycles. The molecular weight excluding hydrogens is 278 g/mol. The van der Waals surface area contributed by atoms with E-state index in [1.807, 2.05) is 25.7 Å². The fourth-order valence-electron chi connectivity index (χ4n) is 4.25. The minimum absolute atomic E-state index is 0.113. The summed E-state index contributed by atoms with van der Waals surface area (Å²) >= 11 is 0. The van der Waals surface area contributed by atoms with Crippen LogP contribution in [0, 0.1) is 0 Å². The number of nitrogens with zero attached hydrogens (tertiary/aromatic N) is 1. The van der Waals surface area contributed by atoms with Gasteiger partial charge in [0.15, 0.2) is 0 Å². The number of fused-ring (bicyclic) bond motifs is 2. The number of piperidine rings is 2. The third-order valence-corrected chi connectivity index (χ3v) is 5.11. The minimum atomic E-state index is -0.403. The number of carbonyl (C=O) groups excluding carboxylic acids is 1. The van der Waals surface area contributed by atoms with E-state index in [2.05, 4.69) is 10.6 Å². The Kier molecular flexibility index (Phi) is 4.64. The molecule has 3 atom stereocenters. The predicted molar refractivity (Wildman–Crippen MR) is 86.9 cm³/mol. The molecule has 22 heavy (non-hydrogen) atoms. The van der Waals surface area contributed by atoms with Crippen LogP contribution in [0.5, 0.6) is 0 Å². The summed E-state index contributed by atoms with van der Waals surface area (Å²) in [6.07, 6.45) is 6.84. The molecule has 0 aromatic heterocycles. The molecule has 5 heteroatoms. The highest BCUT2D eigenvalue weighted by Crippen LogP contribution is 2.37. The largest absolute Gasteiger partial charge is 0.444 e. The first-order valence-corrected chi connectivity index (χ1v) is 8.90. The van der Waals surface area contributed by atoms with Crippen molar-refractivity contribution in [2.75, 3.05) is 13.1 Å². The lowest BCUT2D eigenvalue weighted by molar-refractivity contribution is 0.00416. The summed E-state index contributed by atoms with van der Waals surface area (Å²) in [7, 11) is 0. The van der Waals surface area contributed by atoms with Crippen LogP contribution in [0.15, 0.2) is 0 Å². The van der Waals surface area contributed by atoms with E-state index in [9.17, 15) is 4.79 Å². The van der Waals surface area contributed by atoms with Crippen molar-refractivity contribution in [1.29, 1.82) is 0 Å². The molecule has 5 nitrogen and oxygen atoms in total. The van der Waals surface area contributed by atoms with Crippen molar-refractivity contribution in [3.63, 3.8) is 0 Å². The van der Waals surface area contributed by atoms with E-state index in [1.165, 1.54) is 12.8 Å². The first-order valence-electron chi connectivity index (χ1n) is 8.90. The van der Waals surface area contributed by atoms with E-state index < -0.39 is 5.60 Å². The number of hydrogen-bond acceptors (Lipinski definition) is 4. The van der Waals surface area contributed by atoms with Gasteiger partial charge >= 0.3 is 6.09 Å². The lowest BCUT2D eigenvalue weighted by Gasteiger charge is -2.41. The highest BCUT2D eigenvalue weighted by molar-refractivity contribution is 5.69. The molecule has 3 unspecified atom stereocenters. The Balaban J connectivity index is 1.55. The second kappa shape index (κ2) is 6.36. The van der Waals surface area contributed by atoms with Crippen molar-refractivity contribution < 1.29 is 9.53 Å². The first kappa shape index (κ1) is 16.1. The molecule has 2 N–H and O–H groups in total. The van der Waals surface area contributed by atoms with Gasteiger partial charge in [-0.3, -0.25) is 0 Å². The maximum Gasteiger partial charge on any atom is 0.410 e. The van der Waals surface area contributed by atoms with E-state index in [4.69, 9.17) is 4.74 Å². The Morgan fingerprint density at radius 2 is 1.82 bits per heavy atom. The van der Waals surface area contributed by atoms with Crippen molar-refractivity contribution in [1.82, 2.24) is 15.5 Å². The van der Waals surface area contributed by atoms with Crippen LogP contribution in [-0.4, -0.2) is 53.9 Å². The summed E-state index contributed by atoms with van der Waals surface area (Å²) in [6.45, 7) is 8.06. The molecule has 0 radical (unpaired) electrons. The monoisotopic (exact) mass is 309 g/mol. The molecule has 3 saturated heterocycles. The molecule has 126 valence electrons. The Morgan fingerprint density at radius 3 is 2.36 bits per heavy atom. The van der Waals surface area contributed by atoms with Gasteiger partial charge in [0.05, 0.1) is 0 Å². The Labute approximate surface area is 134 Å². The van der Waals surface area contributed by atoms with Gasteiger partial charge in [-0.05, 0) is 65.8 Å². The number of hydrogen-bond donors (Lipinski definition) is 2. The second-order valence-corrected chi connectivity index (χ2v) is 8.15. The van der Waals surface area contributed by atoms with Crippen molar-refractivity contribution in [3.8, 4) is 0 Å². The second-order valence-electron chi connectivity index (χ2n) is 8.15. The molecule has 2 bridgehead atoms. The quantitative estimate of drug-likeness (QED) is 0.821. The summed E-state index contributed by atoms with van der Waals surface area (Å²) < 4.78 is 5.60. The third kappa shape index (κ3) is 3.74. The molecule has 3 aliphatic rings. The van der Waals surface area contributed by atoms with Gasteiger partial charge in [-0.1, -0.05) is 0 Å². The molecule has 0 aliphatic carbocycles. The molecule has 0 aromatic rings. The minimum Gasteiger partial charge on any atom is -0.444 e. The highest BCUT2D eigenvalue weighted by atomic mass is 16.6. The van der Waals surface area contributed by atoms with Gasteiger partial charge in [0.1, 0.15) is 5.60 Å². The summed E-state index contributed by atoms with van der Waals surface area (Å²) in [6, 6.07) is 1.89. The fourth-order valence-corrected chi connectivity index (χ4v) is 4.25. The van der Waals surface area contributed by atoms with Crippen LogP contribution in [0.3, 0.4) is 0 Å². The van der Waals surface area contributed by atoms with Crippen molar-refractivity contribution in [3.05, 3.63) is 0 Å². The molecular formula is C17H31N3O2. The van der Waals surface area contributed by atoms with Crippen LogP contribution < -0.4 is 10.6 Å². The van der Waals surface area contributed by atoms with E-state index >= 15 is 0 Å². The molecule has 0 saturated carbocycles. The number of amides is 1. The van der Waals surface area contributed by atoms with Gasteiger partial charge < -0.3 is 20.3 Å². The topological polar surface area (TPSA) is 53.6 Å². The van der Waals surface area contributed by atoms with Gasteiger partial charge in [-0.15, -0.1) is 0 Å². The Hall–Kier alpha value is -0.810. The summed E-state index contributed by atoms with van der Waals surface area (Å²) in [5.74, 6) is 0. The zero-order valence-electron chi connectivity index (χ0n) is 14.2. The van der Waals surface area contributed by atoms with E-state index in [0.717, 1.165) is 38.8 Å². The maximum absolute atomic E-state index is 12.4. The van der Waals surface area contributed by atoms with Crippen LogP contribution in [0.2, 0.25) is 0 Å². The average molecular weight is 309 g/mol. The third-order valence-electron chi connectivity index (χ3n) is 5.11. The van der Waals surface area contributed by atoms with E-state index in [-0.39, 0.29) is 6.09 Å². The molecule has 3 rings (SSSR count). The van der Waals surface area contributed by atoms with Crippen molar-refractivity contribution >= 4 is 6.09 Å². The molecule has 3 aliphatic heterocycles. The molecule has 0 spiro atoms. The van der Waals surface area contributed by atoms with Crippen molar-refractivity contribution in [2.45, 2.75) is 89.1 Å². The Morgan fingerprint density at radius 1 is 1.14 bits per heavy atom. The summed E-state index contributed by atoms with van der Waals surface area (Å²) in [5.41, 5.74) is -0.403. The van der Waals surface area contributed by atoms with Crippen molar-refractivity contribution in [2.24, 2.45) is 0 Å². The van der Waals surface area contributed by atoms with Gasteiger partial charge in [0.25, 0.3) is 0 Å². The Bertz CT molecular complexity index is 387. The number of rotatable bonds is 2. The highest BCUT2D eigenvalue weighted by Gasteiger charge is 2.45. The molecule has 3 heterocycles. The first-order chi connectivity index (χ1) is 10.4. The number of ether oxygens (including phenoxy) is 1. The normalized spacial score (nSPS) is 35.5. The van der Waals surface area contributed by atoms with E-state index in [1.54, 1.807) is 0 Å².